The Balaban J connectivity index is 2.71. The Morgan fingerprint density at radius 2 is 1.89 bits per heavy atom. The van der Waals surface area contributed by atoms with Gasteiger partial charge in [-0.15, -0.1) is 0 Å². The van der Waals surface area contributed by atoms with Crippen molar-refractivity contribution >= 4 is 27.3 Å². The number of carbonyl (C=O) groups excluding carboxylic acids is 1. The lowest BCUT2D eigenvalue weighted by atomic mass is 10.2. The van der Waals surface area contributed by atoms with E-state index in [0.29, 0.717) is 17.1 Å². The van der Waals surface area contributed by atoms with Crippen LogP contribution in [0.3, 0.4) is 0 Å². The number of hydrogen-bond donors (Lipinski definition) is 1. The fourth-order valence-electron chi connectivity index (χ4n) is 1.64. The Bertz CT molecular complexity index is 525. The van der Waals surface area contributed by atoms with Crippen molar-refractivity contribution in [3.05, 3.63) is 34.9 Å². The van der Waals surface area contributed by atoms with Crippen molar-refractivity contribution in [1.82, 2.24) is 5.32 Å². The SMILES string of the molecule is CCNC(=O)CCS(=O)(=O)C(C)c1ccc(Cl)cc1. The summed E-state index contributed by atoms with van der Waals surface area (Å²) in [4.78, 5) is 11.3. The maximum absolute atomic E-state index is 12.1. The molecule has 0 saturated carbocycles. The summed E-state index contributed by atoms with van der Waals surface area (Å²) < 4.78 is 24.2. The quantitative estimate of drug-likeness (QED) is 0.877. The molecule has 0 spiro atoms. The van der Waals surface area contributed by atoms with Crippen LogP contribution in [0.2, 0.25) is 5.02 Å². The van der Waals surface area contributed by atoms with E-state index in [1.54, 1.807) is 38.1 Å². The maximum Gasteiger partial charge on any atom is 0.221 e. The lowest BCUT2D eigenvalue weighted by Gasteiger charge is -2.13. The summed E-state index contributed by atoms with van der Waals surface area (Å²) in [6.07, 6.45) is -0.00585. The fourth-order valence-corrected chi connectivity index (χ4v) is 3.16. The number of hydrogen-bond acceptors (Lipinski definition) is 3. The van der Waals surface area contributed by atoms with Crippen LogP contribution in [0.15, 0.2) is 24.3 Å². The molecule has 1 amide bonds. The maximum atomic E-state index is 12.1. The van der Waals surface area contributed by atoms with Crippen LogP contribution in [0.1, 0.15) is 31.1 Å². The zero-order valence-corrected chi connectivity index (χ0v) is 12.6. The molecule has 0 aliphatic rings. The van der Waals surface area contributed by atoms with Crippen molar-refractivity contribution in [2.75, 3.05) is 12.3 Å². The Morgan fingerprint density at radius 1 is 1.32 bits per heavy atom. The van der Waals surface area contributed by atoms with Crippen molar-refractivity contribution in [3.63, 3.8) is 0 Å². The van der Waals surface area contributed by atoms with E-state index in [1.807, 2.05) is 0 Å². The van der Waals surface area contributed by atoms with Crippen LogP contribution in [0, 0.1) is 0 Å². The topological polar surface area (TPSA) is 63.2 Å². The van der Waals surface area contributed by atoms with Gasteiger partial charge in [0.1, 0.15) is 0 Å². The van der Waals surface area contributed by atoms with E-state index in [2.05, 4.69) is 5.32 Å². The Hall–Kier alpha value is -1.07. The fraction of sp³-hybridized carbons (Fsp3) is 0.462. The first-order valence-corrected chi connectivity index (χ1v) is 8.20. The van der Waals surface area contributed by atoms with Gasteiger partial charge in [-0.25, -0.2) is 8.42 Å². The molecule has 1 rings (SSSR count). The lowest BCUT2D eigenvalue weighted by Crippen LogP contribution is -2.26. The van der Waals surface area contributed by atoms with Gasteiger partial charge in [-0.1, -0.05) is 23.7 Å². The molecule has 19 heavy (non-hydrogen) atoms. The van der Waals surface area contributed by atoms with E-state index < -0.39 is 15.1 Å². The second-order valence-corrected chi connectivity index (χ2v) is 7.14. The van der Waals surface area contributed by atoms with Crippen LogP contribution in [-0.2, 0) is 14.6 Å². The van der Waals surface area contributed by atoms with Crippen LogP contribution in [0.5, 0.6) is 0 Å². The number of amides is 1. The molecule has 1 aromatic rings. The monoisotopic (exact) mass is 303 g/mol. The van der Waals surface area contributed by atoms with Gasteiger partial charge in [0.15, 0.2) is 9.84 Å². The third-order valence-electron chi connectivity index (χ3n) is 2.87. The number of benzene rings is 1. The second-order valence-electron chi connectivity index (χ2n) is 4.26. The highest BCUT2D eigenvalue weighted by Crippen LogP contribution is 2.24. The van der Waals surface area contributed by atoms with Gasteiger partial charge in [-0.05, 0) is 31.5 Å². The molecule has 4 nitrogen and oxygen atoms in total. The van der Waals surface area contributed by atoms with Crippen LogP contribution in [0.25, 0.3) is 0 Å². The minimum Gasteiger partial charge on any atom is -0.356 e. The molecule has 1 atom stereocenters. The smallest absolute Gasteiger partial charge is 0.221 e. The van der Waals surface area contributed by atoms with Gasteiger partial charge in [-0.3, -0.25) is 4.79 Å². The summed E-state index contributed by atoms with van der Waals surface area (Å²) in [5.41, 5.74) is 0.681. The Morgan fingerprint density at radius 3 is 2.42 bits per heavy atom. The zero-order valence-electron chi connectivity index (χ0n) is 11.0. The third kappa shape index (κ3) is 4.84. The predicted molar refractivity (Wildman–Crippen MR) is 77.0 cm³/mol. The normalized spacial score (nSPS) is 13.0. The lowest BCUT2D eigenvalue weighted by molar-refractivity contribution is -0.120. The van der Waals surface area contributed by atoms with E-state index >= 15 is 0 Å². The first-order chi connectivity index (χ1) is 8.86. The molecule has 0 bridgehead atoms. The van der Waals surface area contributed by atoms with Crippen molar-refractivity contribution in [1.29, 1.82) is 0 Å². The minimum atomic E-state index is -3.34. The van der Waals surface area contributed by atoms with Crippen molar-refractivity contribution in [2.24, 2.45) is 0 Å². The van der Waals surface area contributed by atoms with Crippen molar-refractivity contribution < 1.29 is 13.2 Å². The summed E-state index contributed by atoms with van der Waals surface area (Å²) in [5.74, 6) is -0.391. The molecule has 0 fully saturated rings. The number of nitrogens with one attached hydrogen (secondary N) is 1. The Kier molecular flexibility index (Phi) is 5.82. The molecule has 1 aromatic carbocycles. The largest absolute Gasteiger partial charge is 0.356 e. The van der Waals surface area contributed by atoms with Gasteiger partial charge >= 0.3 is 0 Å². The van der Waals surface area contributed by atoms with Crippen LogP contribution in [-0.4, -0.2) is 26.6 Å². The van der Waals surface area contributed by atoms with E-state index in [1.165, 1.54) is 0 Å². The van der Waals surface area contributed by atoms with Crippen LogP contribution in [0.4, 0.5) is 0 Å². The second kappa shape index (κ2) is 6.91. The molecule has 0 aromatic heterocycles. The van der Waals surface area contributed by atoms with Crippen molar-refractivity contribution in [3.8, 4) is 0 Å². The van der Waals surface area contributed by atoms with E-state index in [0.717, 1.165) is 0 Å². The van der Waals surface area contributed by atoms with Gasteiger partial charge in [-0.2, -0.15) is 0 Å². The highest BCUT2D eigenvalue weighted by molar-refractivity contribution is 7.91. The molecule has 106 valence electrons. The molecule has 1 N–H and O–H groups in total. The van der Waals surface area contributed by atoms with E-state index in [-0.39, 0.29) is 18.1 Å². The molecular weight excluding hydrogens is 286 g/mol. The van der Waals surface area contributed by atoms with Gasteiger partial charge in [0.2, 0.25) is 5.91 Å². The molecule has 0 radical (unpaired) electrons. The summed E-state index contributed by atoms with van der Waals surface area (Å²) in [5, 5.41) is 2.51. The average Bonchev–Trinajstić information content (AvgIpc) is 2.37. The summed E-state index contributed by atoms with van der Waals surface area (Å²) in [6.45, 7) is 3.92. The van der Waals surface area contributed by atoms with E-state index in [9.17, 15) is 13.2 Å². The summed E-state index contributed by atoms with van der Waals surface area (Å²) in [7, 11) is -3.34. The van der Waals surface area contributed by atoms with Gasteiger partial charge in [0.05, 0.1) is 11.0 Å². The van der Waals surface area contributed by atoms with E-state index in [4.69, 9.17) is 11.6 Å². The van der Waals surface area contributed by atoms with Crippen molar-refractivity contribution in [2.45, 2.75) is 25.5 Å². The molecular formula is C13H18ClNO3S. The number of carbonyl (C=O) groups is 1. The first-order valence-electron chi connectivity index (χ1n) is 6.10. The molecule has 0 aliphatic carbocycles. The van der Waals surface area contributed by atoms with Crippen LogP contribution < -0.4 is 5.32 Å². The highest BCUT2D eigenvalue weighted by atomic mass is 35.5. The number of sulfone groups is 1. The number of rotatable bonds is 6. The molecule has 1 unspecified atom stereocenters. The van der Waals surface area contributed by atoms with Gasteiger partial charge < -0.3 is 5.32 Å². The molecule has 0 aliphatic heterocycles. The molecule has 6 heteroatoms. The average molecular weight is 304 g/mol. The predicted octanol–water partition coefficient (Wildman–Crippen LogP) is 2.34. The minimum absolute atomic E-state index is 0.00585. The zero-order chi connectivity index (χ0) is 14.5. The molecule has 0 saturated heterocycles. The summed E-state index contributed by atoms with van der Waals surface area (Å²) in [6, 6.07) is 6.70. The van der Waals surface area contributed by atoms with Crippen LogP contribution >= 0.6 is 11.6 Å². The standard InChI is InChI=1S/C13H18ClNO3S/c1-3-15-13(16)8-9-19(17,18)10(2)11-4-6-12(14)7-5-11/h4-7,10H,3,8-9H2,1-2H3,(H,15,16). The molecule has 0 heterocycles. The highest BCUT2D eigenvalue weighted by Gasteiger charge is 2.23. The van der Waals surface area contributed by atoms with Gasteiger partial charge in [0, 0.05) is 18.0 Å². The summed E-state index contributed by atoms with van der Waals surface area (Å²) >= 11 is 5.77. The number of halogens is 1. The third-order valence-corrected chi connectivity index (χ3v) is 5.24. The Labute approximate surface area is 119 Å². The first kappa shape index (κ1) is 16.0. The van der Waals surface area contributed by atoms with Gasteiger partial charge in [0.25, 0.3) is 0 Å².